The van der Waals surface area contributed by atoms with E-state index in [0.717, 1.165) is 0 Å². The number of hydrogen-bond acceptors (Lipinski definition) is 6. The molecular weight excluding hydrogens is 431 g/mol. The zero-order valence-electron chi connectivity index (χ0n) is 19.2. The molecule has 10 heteroatoms. The fraction of sp³-hybridized carbons (Fsp3) is 0.478. The molecule has 0 spiro atoms. The number of carbonyl (C=O) groups excluding carboxylic acids is 2. The normalized spacial score (nSPS) is 15.8. The van der Waals surface area contributed by atoms with E-state index in [1.54, 1.807) is 27.8 Å². The van der Waals surface area contributed by atoms with Crippen molar-refractivity contribution in [3.63, 3.8) is 0 Å². The van der Waals surface area contributed by atoms with Gasteiger partial charge in [0, 0.05) is 20.1 Å². The molecule has 0 saturated heterocycles. The van der Waals surface area contributed by atoms with Crippen LogP contribution in [0.3, 0.4) is 0 Å². The largest absolute Gasteiger partial charge is 0.501 e. The van der Waals surface area contributed by atoms with Gasteiger partial charge in [-0.1, -0.05) is 12.1 Å². The van der Waals surface area contributed by atoms with Crippen LogP contribution in [-0.2, 0) is 17.8 Å². The summed E-state index contributed by atoms with van der Waals surface area (Å²) in [7, 11) is 1.56. The van der Waals surface area contributed by atoms with Crippen molar-refractivity contribution in [1.82, 2.24) is 19.8 Å². The summed E-state index contributed by atoms with van der Waals surface area (Å²) in [6, 6.07) is 4.95. The van der Waals surface area contributed by atoms with E-state index in [1.165, 1.54) is 33.7 Å². The van der Waals surface area contributed by atoms with Crippen LogP contribution in [0, 0.1) is 5.82 Å². The van der Waals surface area contributed by atoms with Crippen LogP contribution in [0.5, 0.6) is 5.75 Å². The number of hydrogen-bond donors (Lipinski definition) is 2. The Bertz CT molecular complexity index is 1090. The Labute approximate surface area is 191 Å². The highest BCUT2D eigenvalue weighted by atomic mass is 19.1. The smallest absolute Gasteiger partial charge is 0.410 e. The monoisotopic (exact) mass is 460 g/mol. The third kappa shape index (κ3) is 5.68. The van der Waals surface area contributed by atoms with Gasteiger partial charge in [0.15, 0.2) is 5.69 Å². The number of nitrogens with zero attached hydrogens (tertiary/aromatic N) is 3. The van der Waals surface area contributed by atoms with Crippen LogP contribution in [0.2, 0.25) is 0 Å². The number of halogens is 1. The number of rotatable bonds is 4. The molecule has 3 rings (SSSR count). The van der Waals surface area contributed by atoms with Gasteiger partial charge in [0.2, 0.25) is 5.75 Å². The fourth-order valence-electron chi connectivity index (χ4n) is 3.62. The molecule has 1 atom stereocenters. The van der Waals surface area contributed by atoms with E-state index in [1.807, 2.05) is 0 Å². The zero-order chi connectivity index (χ0) is 24.3. The summed E-state index contributed by atoms with van der Waals surface area (Å²) < 4.78 is 19.8. The van der Waals surface area contributed by atoms with Gasteiger partial charge >= 0.3 is 6.09 Å². The Morgan fingerprint density at radius 3 is 2.58 bits per heavy atom. The molecule has 0 saturated carbocycles. The number of benzene rings is 1. The van der Waals surface area contributed by atoms with Crippen LogP contribution in [-0.4, -0.2) is 44.2 Å². The van der Waals surface area contributed by atoms with Crippen molar-refractivity contribution in [2.75, 3.05) is 7.05 Å². The van der Waals surface area contributed by atoms with Gasteiger partial charge < -0.3 is 20.1 Å². The molecule has 1 unspecified atom stereocenters. The van der Waals surface area contributed by atoms with E-state index >= 15 is 0 Å². The van der Waals surface area contributed by atoms with Crippen molar-refractivity contribution in [3.8, 4) is 5.75 Å². The summed E-state index contributed by atoms with van der Waals surface area (Å²) in [6.07, 6.45) is 1.31. The molecular formula is C23H29FN4O5. The first kappa shape index (κ1) is 24.2. The third-order valence-electron chi connectivity index (χ3n) is 5.31. The van der Waals surface area contributed by atoms with Crippen molar-refractivity contribution in [1.29, 1.82) is 0 Å². The summed E-state index contributed by atoms with van der Waals surface area (Å²) >= 11 is 0. The van der Waals surface area contributed by atoms with Crippen LogP contribution in [0.1, 0.15) is 68.0 Å². The molecule has 2 heterocycles. The highest BCUT2D eigenvalue weighted by Gasteiger charge is 2.33. The van der Waals surface area contributed by atoms with Gasteiger partial charge in [-0.25, -0.2) is 14.2 Å². The summed E-state index contributed by atoms with van der Waals surface area (Å²) in [5.74, 6) is -1.69. The second-order valence-electron chi connectivity index (χ2n) is 9.04. The molecule has 1 aliphatic rings. The van der Waals surface area contributed by atoms with E-state index in [9.17, 15) is 23.9 Å². The standard InChI is InChI=1S/C23H29FN4O5/c1-23(2,3)33-22(32)27(4)16-7-5-6-12-28-19(16)26-17(18(29)21(28)31)20(30)25-13-14-8-10-15(24)11-9-14/h8-11,16,29H,5-7,12-13H2,1-4H3,(H,25,30). The van der Waals surface area contributed by atoms with Crippen molar-refractivity contribution < 1.29 is 23.8 Å². The lowest BCUT2D eigenvalue weighted by atomic mass is 10.1. The van der Waals surface area contributed by atoms with E-state index in [2.05, 4.69) is 10.3 Å². The molecule has 1 aliphatic heterocycles. The first-order valence-corrected chi connectivity index (χ1v) is 10.8. The van der Waals surface area contributed by atoms with Gasteiger partial charge in [-0.2, -0.15) is 0 Å². The number of fused-ring (bicyclic) bond motifs is 1. The number of ether oxygens (including phenoxy) is 1. The molecule has 9 nitrogen and oxygen atoms in total. The first-order valence-electron chi connectivity index (χ1n) is 10.8. The molecule has 178 valence electrons. The SMILES string of the molecule is CN(C(=O)OC(C)(C)C)C1CCCCn2c1nc(C(=O)NCc1ccc(F)cc1)c(O)c2=O. The average Bonchev–Trinajstić information content (AvgIpc) is 2.96. The van der Waals surface area contributed by atoms with Crippen molar-refractivity contribution in [3.05, 3.63) is 57.5 Å². The van der Waals surface area contributed by atoms with E-state index < -0.39 is 46.5 Å². The highest BCUT2D eigenvalue weighted by molar-refractivity contribution is 5.94. The number of nitrogens with one attached hydrogen (secondary N) is 1. The van der Waals surface area contributed by atoms with Gasteiger partial charge in [0.1, 0.15) is 17.2 Å². The maximum absolute atomic E-state index is 13.1. The van der Waals surface area contributed by atoms with Gasteiger partial charge in [-0.15, -0.1) is 0 Å². The maximum atomic E-state index is 13.1. The average molecular weight is 461 g/mol. The molecule has 0 radical (unpaired) electrons. The molecule has 0 fully saturated rings. The second kappa shape index (κ2) is 9.60. The Hall–Kier alpha value is -3.43. The summed E-state index contributed by atoms with van der Waals surface area (Å²) in [5, 5.41) is 13.0. The lowest BCUT2D eigenvalue weighted by molar-refractivity contribution is 0.0202. The van der Waals surface area contributed by atoms with Crippen LogP contribution < -0.4 is 10.9 Å². The van der Waals surface area contributed by atoms with Gasteiger partial charge in [0.25, 0.3) is 11.5 Å². The van der Waals surface area contributed by atoms with Gasteiger partial charge in [0.05, 0.1) is 6.04 Å². The van der Waals surface area contributed by atoms with E-state index in [4.69, 9.17) is 4.74 Å². The predicted molar refractivity (Wildman–Crippen MR) is 118 cm³/mol. The molecule has 1 aromatic carbocycles. The Morgan fingerprint density at radius 1 is 1.27 bits per heavy atom. The molecule has 2 aromatic rings. The molecule has 33 heavy (non-hydrogen) atoms. The minimum absolute atomic E-state index is 0.0554. The minimum atomic E-state index is -0.754. The quantitative estimate of drug-likeness (QED) is 0.725. The van der Waals surface area contributed by atoms with Gasteiger partial charge in [-0.3, -0.25) is 14.2 Å². The summed E-state index contributed by atoms with van der Waals surface area (Å²) in [6.45, 7) is 5.63. The Morgan fingerprint density at radius 2 is 1.94 bits per heavy atom. The second-order valence-corrected chi connectivity index (χ2v) is 9.04. The molecule has 1 aromatic heterocycles. The Kier molecular flexibility index (Phi) is 7.04. The Balaban J connectivity index is 1.92. The molecule has 0 bridgehead atoms. The summed E-state index contributed by atoms with van der Waals surface area (Å²) in [5.41, 5.74) is -1.23. The lowest BCUT2D eigenvalue weighted by Gasteiger charge is -2.30. The van der Waals surface area contributed by atoms with E-state index in [-0.39, 0.29) is 12.4 Å². The minimum Gasteiger partial charge on any atom is -0.501 e. The summed E-state index contributed by atoms with van der Waals surface area (Å²) in [4.78, 5) is 44.0. The maximum Gasteiger partial charge on any atom is 0.410 e. The number of aromatic nitrogens is 2. The third-order valence-corrected chi connectivity index (χ3v) is 5.31. The highest BCUT2D eigenvalue weighted by Crippen LogP contribution is 2.29. The van der Waals surface area contributed by atoms with Crippen LogP contribution >= 0.6 is 0 Å². The lowest BCUT2D eigenvalue weighted by Crippen LogP contribution is -2.39. The fourth-order valence-corrected chi connectivity index (χ4v) is 3.62. The zero-order valence-corrected chi connectivity index (χ0v) is 19.2. The van der Waals surface area contributed by atoms with Crippen LogP contribution in [0.4, 0.5) is 9.18 Å². The number of aromatic hydroxyl groups is 1. The van der Waals surface area contributed by atoms with Crippen molar-refractivity contribution in [2.45, 2.75) is 64.8 Å². The van der Waals surface area contributed by atoms with Crippen molar-refractivity contribution >= 4 is 12.0 Å². The first-order chi connectivity index (χ1) is 15.5. The topological polar surface area (TPSA) is 114 Å². The predicted octanol–water partition coefficient (Wildman–Crippen LogP) is 3.11. The molecule has 2 N–H and O–H groups in total. The number of amides is 2. The van der Waals surface area contributed by atoms with Gasteiger partial charge in [-0.05, 0) is 57.7 Å². The van der Waals surface area contributed by atoms with Crippen LogP contribution in [0.15, 0.2) is 29.1 Å². The molecule has 2 amide bonds. The van der Waals surface area contributed by atoms with Crippen molar-refractivity contribution in [2.24, 2.45) is 0 Å². The molecule has 0 aliphatic carbocycles. The number of carbonyl (C=O) groups is 2. The van der Waals surface area contributed by atoms with E-state index in [0.29, 0.717) is 31.4 Å². The van der Waals surface area contributed by atoms with Crippen LogP contribution in [0.25, 0.3) is 0 Å².